The van der Waals surface area contributed by atoms with Crippen LogP contribution in [0, 0.1) is 0 Å². The van der Waals surface area contributed by atoms with Crippen LogP contribution in [0.4, 0.5) is 0 Å². The summed E-state index contributed by atoms with van der Waals surface area (Å²) in [5.41, 5.74) is 0. The van der Waals surface area contributed by atoms with Crippen LogP contribution in [0.5, 0.6) is 0 Å². The van der Waals surface area contributed by atoms with Crippen molar-refractivity contribution in [3.8, 4) is 0 Å². The summed E-state index contributed by atoms with van der Waals surface area (Å²) in [6.45, 7) is -8.23. The van der Waals surface area contributed by atoms with Gasteiger partial charge in [-0.2, -0.15) is 0 Å². The number of aliphatic hydroxyl groups is 6. The summed E-state index contributed by atoms with van der Waals surface area (Å²) >= 11 is 0. The van der Waals surface area contributed by atoms with Crippen LogP contribution >= 0.6 is 0 Å². The first-order chi connectivity index (χ1) is 8.25. The molecular weight excluding hydrogens is 168 g/mol. The Hall–Kier alpha value is -0.240. The number of rotatable bonds is 5. The van der Waals surface area contributed by atoms with Gasteiger partial charge in [-0.1, -0.05) is 0 Å². The summed E-state index contributed by atoms with van der Waals surface area (Å²) in [5, 5.41) is 55.1. The van der Waals surface area contributed by atoms with E-state index >= 15 is 0 Å². The molecule has 0 rings (SSSR count). The van der Waals surface area contributed by atoms with Crippen molar-refractivity contribution >= 4 is 0 Å². The fourth-order valence-corrected chi connectivity index (χ4v) is 0.330. The van der Waals surface area contributed by atoms with Crippen molar-refractivity contribution in [3.63, 3.8) is 0 Å². The number of hydrogen-bond donors (Lipinski definition) is 6. The van der Waals surface area contributed by atoms with Gasteiger partial charge in [-0.15, -0.1) is 0 Å². The molecule has 0 aromatic rings. The third-order valence-corrected chi connectivity index (χ3v) is 0.885. The minimum atomic E-state index is -4.55. The Kier molecular flexibility index (Phi) is 1.75. The fraction of sp³-hybridized carbons (Fsp3) is 1.00. The second-order valence-electron chi connectivity index (χ2n) is 1.62. The third kappa shape index (κ3) is 3.02. The molecule has 0 fully saturated rings. The smallest absolute Gasteiger partial charge is 0.111 e. The zero-order valence-electron chi connectivity index (χ0n) is 13.7. The van der Waals surface area contributed by atoms with Crippen LogP contribution < -0.4 is 0 Å². The zero-order valence-corrected chi connectivity index (χ0v) is 5.68. The van der Waals surface area contributed by atoms with Crippen molar-refractivity contribution in [2.75, 3.05) is 13.1 Å². The monoisotopic (exact) mass is 190 g/mol. The highest BCUT2D eigenvalue weighted by Crippen LogP contribution is 2.03. The molecule has 4 atom stereocenters. The maximum atomic E-state index is 9.44. The van der Waals surface area contributed by atoms with E-state index in [1.165, 1.54) is 0 Å². The summed E-state index contributed by atoms with van der Waals surface area (Å²) in [7, 11) is 0. The Balaban J connectivity index is 6.08. The molecule has 0 bridgehead atoms. The molecule has 6 heteroatoms. The van der Waals surface area contributed by atoms with Gasteiger partial charge in [0, 0.05) is 0 Å². The first-order valence-corrected chi connectivity index (χ1v) is 2.59. The predicted molar refractivity (Wildman–Crippen MR) is 38.2 cm³/mol. The van der Waals surface area contributed by atoms with Crippen LogP contribution in [0.2, 0.25) is 0 Å². The Morgan fingerprint density at radius 1 is 0.917 bits per heavy atom. The molecule has 0 aromatic heterocycles. The van der Waals surface area contributed by atoms with Gasteiger partial charge in [0.25, 0.3) is 0 Å². The van der Waals surface area contributed by atoms with E-state index < -0.39 is 37.4 Å². The maximum absolute atomic E-state index is 9.44. The molecule has 0 aliphatic rings. The van der Waals surface area contributed by atoms with Crippen LogP contribution in [0.3, 0.4) is 0 Å². The average molecular weight is 190 g/mol. The molecular formula is C6H14O6. The highest BCUT2D eigenvalue weighted by molar-refractivity contribution is 4.79. The molecule has 0 aliphatic heterocycles. The molecule has 0 amide bonds. The molecule has 6 N–H and O–H groups in total. The van der Waals surface area contributed by atoms with Gasteiger partial charge in [-0.05, 0) is 0 Å². The maximum Gasteiger partial charge on any atom is 0.111 e. The van der Waals surface area contributed by atoms with Gasteiger partial charge in [-0.25, -0.2) is 0 Å². The second kappa shape index (κ2) is 5.41. The zero-order chi connectivity index (χ0) is 17.0. The van der Waals surface area contributed by atoms with E-state index in [0.717, 1.165) is 0 Å². The average Bonchev–Trinajstić information content (AvgIpc) is 2.12. The Labute approximate surface area is 80.6 Å². The molecule has 0 unspecified atom stereocenters. The van der Waals surface area contributed by atoms with Crippen LogP contribution in [0.1, 0.15) is 11.0 Å². The van der Waals surface area contributed by atoms with Crippen molar-refractivity contribution in [2.24, 2.45) is 0 Å². The molecule has 0 saturated carbocycles. The largest absolute Gasteiger partial charge is 0.394 e. The molecule has 12 heavy (non-hydrogen) atoms. The van der Waals surface area contributed by atoms with Crippen LogP contribution in [0.15, 0.2) is 0 Å². The highest BCUT2D eigenvalue weighted by Gasteiger charge is 2.29. The molecule has 0 aliphatic carbocycles. The predicted octanol–water partition coefficient (Wildman–Crippen LogP) is -3.59. The van der Waals surface area contributed by atoms with E-state index in [1.807, 2.05) is 0 Å². The standard InChI is InChI=1S/C6H14O6/c7-1-3(9)5(11)6(12)4(10)2-8/h3-12H,1-2H2/t3-,4-,5+,6+/m0/s1/i1D2,2D2,3D,4D,5D,6D. The van der Waals surface area contributed by atoms with Gasteiger partial charge in [0.1, 0.15) is 24.3 Å². The van der Waals surface area contributed by atoms with Crippen molar-refractivity contribution in [1.29, 1.82) is 0 Å². The molecule has 74 valence electrons. The summed E-state index contributed by atoms with van der Waals surface area (Å²) in [5.74, 6) is 0. The lowest BCUT2D eigenvalue weighted by molar-refractivity contribution is -0.123. The van der Waals surface area contributed by atoms with Crippen molar-refractivity contribution in [1.82, 2.24) is 0 Å². The molecule has 0 saturated heterocycles. The molecule has 0 heterocycles. The Morgan fingerprint density at radius 2 is 1.17 bits per heavy atom. The van der Waals surface area contributed by atoms with Crippen molar-refractivity contribution < 1.29 is 41.6 Å². The first-order valence-electron chi connectivity index (χ1n) is 6.59. The van der Waals surface area contributed by atoms with Gasteiger partial charge in [-0.3, -0.25) is 0 Å². The summed E-state index contributed by atoms with van der Waals surface area (Å²) < 4.78 is 54.5. The highest BCUT2D eigenvalue weighted by atomic mass is 16.4. The van der Waals surface area contributed by atoms with Gasteiger partial charge >= 0.3 is 0 Å². The van der Waals surface area contributed by atoms with Gasteiger partial charge in [0.2, 0.25) is 0 Å². The van der Waals surface area contributed by atoms with E-state index in [0.29, 0.717) is 0 Å². The van der Waals surface area contributed by atoms with E-state index in [4.69, 9.17) is 21.2 Å². The van der Waals surface area contributed by atoms with Gasteiger partial charge < -0.3 is 30.6 Å². The van der Waals surface area contributed by atoms with E-state index in [2.05, 4.69) is 0 Å². The fourth-order valence-electron chi connectivity index (χ4n) is 0.330. The topological polar surface area (TPSA) is 121 Å². The molecule has 0 spiro atoms. The minimum Gasteiger partial charge on any atom is -0.394 e. The first kappa shape index (κ1) is 3.87. The second-order valence-corrected chi connectivity index (χ2v) is 1.62. The lowest BCUT2D eigenvalue weighted by Gasteiger charge is -2.24. The quantitative estimate of drug-likeness (QED) is 0.266. The van der Waals surface area contributed by atoms with E-state index in [-0.39, 0.29) is 0 Å². The van der Waals surface area contributed by atoms with E-state index in [9.17, 15) is 20.4 Å². The lowest BCUT2D eigenvalue weighted by Crippen LogP contribution is -2.46. The van der Waals surface area contributed by atoms with Crippen LogP contribution in [0.25, 0.3) is 0 Å². The third-order valence-electron chi connectivity index (χ3n) is 0.885. The van der Waals surface area contributed by atoms with E-state index in [1.54, 1.807) is 0 Å². The molecule has 0 aromatic carbocycles. The molecule has 6 nitrogen and oxygen atoms in total. The number of hydrogen-bond acceptors (Lipinski definition) is 6. The van der Waals surface area contributed by atoms with Gasteiger partial charge in [0.15, 0.2) is 0 Å². The summed E-state index contributed by atoms with van der Waals surface area (Å²) in [6.07, 6.45) is -17.9. The normalized spacial score (nSPS) is 44.2. The van der Waals surface area contributed by atoms with Crippen molar-refractivity contribution in [3.05, 3.63) is 0 Å². The van der Waals surface area contributed by atoms with Gasteiger partial charge in [0.05, 0.1) is 24.1 Å². The summed E-state index contributed by atoms with van der Waals surface area (Å²) in [6, 6.07) is 0. The SMILES string of the molecule is [2H]C([2H])(O)[C@]([2H])(O)[C@@]([2H])(O)[C@]([2H])(O)[C@@]([2H])(O)C([2H])([2H])O. The van der Waals surface area contributed by atoms with Crippen molar-refractivity contribution in [2.45, 2.75) is 24.3 Å². The minimum absolute atomic E-state index is 4.11. The lowest BCUT2D eigenvalue weighted by atomic mass is 10.0. The molecule has 0 radical (unpaired) electrons. The summed E-state index contributed by atoms with van der Waals surface area (Å²) in [4.78, 5) is 0. The Bertz CT molecular complexity index is 333. The van der Waals surface area contributed by atoms with Crippen LogP contribution in [-0.2, 0) is 0 Å². The van der Waals surface area contributed by atoms with Crippen LogP contribution in [-0.4, -0.2) is 68.1 Å². The Morgan fingerprint density at radius 3 is 1.33 bits per heavy atom.